The number of anilines is 1. The van der Waals surface area contributed by atoms with E-state index in [1.54, 1.807) is 12.3 Å². The smallest absolute Gasteiger partial charge is 0.275 e. The first-order valence-corrected chi connectivity index (χ1v) is 9.33. The number of amides is 1. The van der Waals surface area contributed by atoms with Crippen molar-refractivity contribution in [2.24, 2.45) is 0 Å². The SMILES string of the molecule is CSc1ncc(C(=O)Nc2ccc3ccccc3n2)n1-c1ccccc1. The van der Waals surface area contributed by atoms with Crippen LogP contribution in [0.15, 0.2) is 78.1 Å². The highest BCUT2D eigenvalue weighted by atomic mass is 32.2. The Morgan fingerprint density at radius 3 is 2.58 bits per heavy atom. The zero-order valence-electron chi connectivity index (χ0n) is 14.1. The molecule has 1 amide bonds. The van der Waals surface area contributed by atoms with Gasteiger partial charge in [0.1, 0.15) is 11.5 Å². The van der Waals surface area contributed by atoms with Crippen LogP contribution in [-0.2, 0) is 0 Å². The molecule has 2 heterocycles. The summed E-state index contributed by atoms with van der Waals surface area (Å²) in [6.45, 7) is 0. The minimum absolute atomic E-state index is 0.246. The Bertz CT molecular complexity index is 1080. The van der Waals surface area contributed by atoms with E-state index in [1.807, 2.05) is 71.5 Å². The number of fused-ring (bicyclic) bond motifs is 1. The van der Waals surface area contributed by atoms with Gasteiger partial charge < -0.3 is 5.32 Å². The Morgan fingerprint density at radius 2 is 1.77 bits per heavy atom. The molecule has 4 rings (SSSR count). The highest BCUT2D eigenvalue weighted by molar-refractivity contribution is 7.98. The molecular formula is C20H16N4OS. The van der Waals surface area contributed by atoms with Crippen molar-refractivity contribution in [3.8, 4) is 5.69 Å². The van der Waals surface area contributed by atoms with Gasteiger partial charge in [0, 0.05) is 11.1 Å². The number of nitrogens with zero attached hydrogens (tertiary/aromatic N) is 3. The lowest BCUT2D eigenvalue weighted by Gasteiger charge is -2.11. The van der Waals surface area contributed by atoms with Crippen molar-refractivity contribution in [1.82, 2.24) is 14.5 Å². The second-order valence-corrected chi connectivity index (χ2v) is 6.42. The van der Waals surface area contributed by atoms with E-state index in [0.29, 0.717) is 11.5 Å². The quantitative estimate of drug-likeness (QED) is 0.548. The molecule has 0 aliphatic rings. The van der Waals surface area contributed by atoms with Gasteiger partial charge in [0.2, 0.25) is 0 Å². The Kier molecular flexibility index (Phi) is 4.41. The lowest BCUT2D eigenvalue weighted by Crippen LogP contribution is -2.17. The molecule has 2 aromatic heterocycles. The first-order valence-electron chi connectivity index (χ1n) is 8.10. The summed E-state index contributed by atoms with van der Waals surface area (Å²) >= 11 is 1.49. The number of pyridine rings is 1. The summed E-state index contributed by atoms with van der Waals surface area (Å²) in [7, 11) is 0. The topological polar surface area (TPSA) is 59.8 Å². The highest BCUT2D eigenvalue weighted by Crippen LogP contribution is 2.22. The van der Waals surface area contributed by atoms with Crippen molar-refractivity contribution < 1.29 is 4.79 Å². The third-order valence-corrected chi connectivity index (χ3v) is 4.65. The van der Waals surface area contributed by atoms with Gasteiger partial charge in [0.05, 0.1) is 11.7 Å². The Morgan fingerprint density at radius 1 is 1.00 bits per heavy atom. The highest BCUT2D eigenvalue weighted by Gasteiger charge is 2.18. The molecule has 128 valence electrons. The van der Waals surface area contributed by atoms with Gasteiger partial charge in [-0.15, -0.1) is 0 Å². The zero-order chi connectivity index (χ0) is 17.9. The van der Waals surface area contributed by atoms with Gasteiger partial charge in [-0.1, -0.05) is 48.2 Å². The lowest BCUT2D eigenvalue weighted by molar-refractivity contribution is 0.101. The number of benzene rings is 2. The predicted octanol–water partition coefficient (Wildman–Crippen LogP) is 4.39. The fourth-order valence-corrected chi connectivity index (χ4v) is 3.33. The maximum Gasteiger partial charge on any atom is 0.275 e. The molecule has 0 aliphatic heterocycles. The van der Waals surface area contributed by atoms with Crippen LogP contribution in [-0.4, -0.2) is 26.7 Å². The van der Waals surface area contributed by atoms with E-state index in [2.05, 4.69) is 15.3 Å². The van der Waals surface area contributed by atoms with Crippen LogP contribution in [0.3, 0.4) is 0 Å². The molecular weight excluding hydrogens is 344 g/mol. The van der Waals surface area contributed by atoms with Crippen LogP contribution in [0.5, 0.6) is 0 Å². The normalized spacial score (nSPS) is 10.8. The van der Waals surface area contributed by atoms with E-state index in [4.69, 9.17) is 0 Å². The van der Waals surface area contributed by atoms with E-state index in [9.17, 15) is 4.79 Å². The van der Waals surface area contributed by atoms with Crippen LogP contribution in [0.25, 0.3) is 16.6 Å². The third kappa shape index (κ3) is 3.07. The predicted molar refractivity (Wildman–Crippen MR) is 105 cm³/mol. The number of hydrogen-bond acceptors (Lipinski definition) is 4. The summed E-state index contributed by atoms with van der Waals surface area (Å²) < 4.78 is 1.85. The summed E-state index contributed by atoms with van der Waals surface area (Å²) in [5.74, 6) is 0.268. The average Bonchev–Trinajstić information content (AvgIpc) is 3.13. The van der Waals surface area contributed by atoms with Crippen LogP contribution in [0, 0.1) is 0 Å². The van der Waals surface area contributed by atoms with Crippen molar-refractivity contribution in [3.05, 3.63) is 78.6 Å². The second kappa shape index (κ2) is 7.01. The summed E-state index contributed by atoms with van der Waals surface area (Å²) in [5.41, 5.74) is 2.20. The Balaban J connectivity index is 1.69. The number of hydrogen-bond donors (Lipinski definition) is 1. The number of para-hydroxylation sites is 2. The second-order valence-electron chi connectivity index (χ2n) is 5.64. The maximum atomic E-state index is 12.9. The van der Waals surface area contributed by atoms with E-state index in [1.165, 1.54) is 11.8 Å². The van der Waals surface area contributed by atoms with Crippen molar-refractivity contribution in [3.63, 3.8) is 0 Å². The number of carbonyl (C=O) groups excluding carboxylic acids is 1. The van der Waals surface area contributed by atoms with Crippen LogP contribution in [0.4, 0.5) is 5.82 Å². The van der Waals surface area contributed by atoms with Crippen LogP contribution in [0.2, 0.25) is 0 Å². The number of nitrogens with one attached hydrogen (secondary N) is 1. The fourth-order valence-electron chi connectivity index (χ4n) is 2.78. The van der Waals surface area contributed by atoms with Crippen molar-refractivity contribution >= 4 is 34.4 Å². The average molecular weight is 360 g/mol. The summed E-state index contributed by atoms with van der Waals surface area (Å²) in [4.78, 5) is 21.7. The molecule has 4 aromatic rings. The molecule has 1 N–H and O–H groups in total. The van der Waals surface area contributed by atoms with Crippen molar-refractivity contribution in [2.45, 2.75) is 5.16 Å². The zero-order valence-corrected chi connectivity index (χ0v) is 14.9. The largest absolute Gasteiger partial charge is 0.305 e. The van der Waals surface area contributed by atoms with Crippen LogP contribution < -0.4 is 5.32 Å². The molecule has 0 atom stereocenters. The first-order chi connectivity index (χ1) is 12.8. The van der Waals surface area contributed by atoms with Gasteiger partial charge in [-0.05, 0) is 36.6 Å². The summed E-state index contributed by atoms with van der Waals surface area (Å²) in [5, 5.41) is 4.67. The van der Waals surface area contributed by atoms with Gasteiger partial charge in [0.15, 0.2) is 5.16 Å². The minimum atomic E-state index is -0.246. The van der Waals surface area contributed by atoms with Crippen molar-refractivity contribution in [2.75, 3.05) is 11.6 Å². The summed E-state index contributed by atoms with van der Waals surface area (Å²) in [6, 6.07) is 21.3. The molecule has 0 bridgehead atoms. The Labute approximate surface area is 155 Å². The number of rotatable bonds is 4. The van der Waals surface area contributed by atoms with E-state index >= 15 is 0 Å². The van der Waals surface area contributed by atoms with Gasteiger partial charge in [0.25, 0.3) is 5.91 Å². The maximum absolute atomic E-state index is 12.9. The minimum Gasteiger partial charge on any atom is -0.305 e. The van der Waals surface area contributed by atoms with Crippen LogP contribution >= 0.6 is 11.8 Å². The van der Waals surface area contributed by atoms with E-state index in [0.717, 1.165) is 21.7 Å². The van der Waals surface area contributed by atoms with E-state index in [-0.39, 0.29) is 5.91 Å². The molecule has 0 unspecified atom stereocenters. The van der Waals surface area contributed by atoms with Crippen LogP contribution in [0.1, 0.15) is 10.5 Å². The lowest BCUT2D eigenvalue weighted by atomic mass is 10.2. The molecule has 0 spiro atoms. The number of carbonyl (C=O) groups is 1. The van der Waals surface area contributed by atoms with Gasteiger partial charge in [-0.3, -0.25) is 9.36 Å². The number of aromatic nitrogens is 3. The monoisotopic (exact) mass is 360 g/mol. The van der Waals surface area contributed by atoms with Gasteiger partial charge >= 0.3 is 0 Å². The summed E-state index contributed by atoms with van der Waals surface area (Å²) in [6.07, 6.45) is 3.53. The van der Waals surface area contributed by atoms with Gasteiger partial charge in [-0.25, -0.2) is 9.97 Å². The van der Waals surface area contributed by atoms with Crippen molar-refractivity contribution in [1.29, 1.82) is 0 Å². The molecule has 0 fully saturated rings. The standard InChI is InChI=1S/C20H16N4OS/c1-26-20-21-13-17(24(20)15-8-3-2-4-9-15)19(25)23-18-12-11-14-7-5-6-10-16(14)22-18/h2-13H,1H3,(H,22,23,25). The number of thioether (sulfide) groups is 1. The third-order valence-electron chi connectivity index (χ3n) is 4.00. The molecule has 0 radical (unpaired) electrons. The molecule has 5 nitrogen and oxygen atoms in total. The van der Waals surface area contributed by atoms with E-state index < -0.39 is 0 Å². The molecule has 0 saturated heterocycles. The van der Waals surface area contributed by atoms with Gasteiger partial charge in [-0.2, -0.15) is 0 Å². The number of imidazole rings is 1. The fraction of sp³-hybridized carbons (Fsp3) is 0.0500. The molecule has 6 heteroatoms. The molecule has 26 heavy (non-hydrogen) atoms. The first kappa shape index (κ1) is 16.4. The molecule has 0 saturated carbocycles. The Hall–Kier alpha value is -3.12. The molecule has 2 aromatic carbocycles. The molecule has 0 aliphatic carbocycles.